The van der Waals surface area contributed by atoms with Gasteiger partial charge in [-0.25, -0.2) is 9.97 Å². The van der Waals surface area contributed by atoms with Crippen LogP contribution in [-0.4, -0.2) is 15.0 Å². The molecule has 0 bridgehead atoms. The van der Waals surface area contributed by atoms with Crippen molar-refractivity contribution in [3.63, 3.8) is 0 Å². The van der Waals surface area contributed by atoms with Gasteiger partial charge in [0.05, 0.1) is 15.7 Å². The van der Waals surface area contributed by atoms with Crippen LogP contribution in [0.4, 0.5) is 11.6 Å². The van der Waals surface area contributed by atoms with Gasteiger partial charge in [-0.15, -0.1) is 0 Å². The molecule has 1 aromatic carbocycles. The Labute approximate surface area is 133 Å². The third kappa shape index (κ3) is 3.33. The maximum Gasteiger partial charge on any atom is 0.227 e. The molecule has 0 aliphatic heterocycles. The Morgan fingerprint density at radius 1 is 1.26 bits per heavy atom. The summed E-state index contributed by atoms with van der Waals surface area (Å²) in [6, 6.07) is 5.16. The second kappa shape index (κ2) is 6.00. The fraction of sp³-hybridized carbons (Fsp3) is 0. The zero-order valence-electron chi connectivity index (χ0n) is 9.32. The van der Waals surface area contributed by atoms with Gasteiger partial charge in [-0.1, -0.05) is 35.4 Å². The molecule has 0 aliphatic rings. The van der Waals surface area contributed by atoms with Crippen molar-refractivity contribution in [2.24, 2.45) is 5.73 Å². The molecule has 3 N–H and O–H groups in total. The highest BCUT2D eigenvalue weighted by molar-refractivity contribution is 9.10. The summed E-state index contributed by atoms with van der Waals surface area (Å²) in [6.07, 6.45) is 1.55. The van der Waals surface area contributed by atoms with Crippen molar-refractivity contribution < 1.29 is 0 Å². The molecule has 0 saturated carbocycles. The van der Waals surface area contributed by atoms with Crippen molar-refractivity contribution in [2.45, 2.75) is 0 Å². The number of aromatic nitrogens is 2. The minimum absolute atomic E-state index is 0.199. The summed E-state index contributed by atoms with van der Waals surface area (Å²) in [5.41, 5.74) is 6.58. The lowest BCUT2D eigenvalue weighted by Gasteiger charge is -2.09. The molecule has 4 nitrogen and oxygen atoms in total. The number of hydrogen-bond donors (Lipinski definition) is 2. The Balaban J connectivity index is 2.34. The van der Waals surface area contributed by atoms with Gasteiger partial charge >= 0.3 is 0 Å². The van der Waals surface area contributed by atoms with Crippen LogP contribution in [-0.2, 0) is 0 Å². The summed E-state index contributed by atoms with van der Waals surface area (Å²) in [7, 11) is 0. The lowest BCUT2D eigenvalue weighted by atomic mass is 10.3. The van der Waals surface area contributed by atoms with Crippen LogP contribution < -0.4 is 11.1 Å². The molecule has 8 heteroatoms. The molecule has 0 saturated heterocycles. The number of hydrogen-bond acceptors (Lipinski definition) is 4. The van der Waals surface area contributed by atoms with E-state index in [1.165, 1.54) is 0 Å². The van der Waals surface area contributed by atoms with Crippen molar-refractivity contribution in [1.82, 2.24) is 9.97 Å². The highest BCUT2D eigenvalue weighted by Gasteiger charge is 2.10. The van der Waals surface area contributed by atoms with Crippen molar-refractivity contribution in [3.05, 3.63) is 44.6 Å². The standard InChI is InChI=1S/C11H7BrCl2N4S/c12-5-1-2-6(9(14)8(5)13)17-11-16-4-3-7(18-11)10(15)19/h1-4H,(H2,15,19)(H,16,17,18). The Bertz CT molecular complexity index is 651. The highest BCUT2D eigenvalue weighted by atomic mass is 79.9. The summed E-state index contributed by atoms with van der Waals surface area (Å²) < 4.78 is 0.711. The number of nitrogens with one attached hydrogen (secondary N) is 1. The van der Waals surface area contributed by atoms with Crippen molar-refractivity contribution in [1.29, 1.82) is 0 Å². The number of nitrogens with two attached hydrogens (primary N) is 1. The molecule has 2 aromatic rings. The van der Waals surface area contributed by atoms with Gasteiger partial charge in [0.2, 0.25) is 5.95 Å². The molecule has 1 aromatic heterocycles. The van der Waals surface area contributed by atoms with Crippen LogP contribution in [0.5, 0.6) is 0 Å². The summed E-state index contributed by atoms with van der Waals surface area (Å²) in [6.45, 7) is 0. The van der Waals surface area contributed by atoms with E-state index < -0.39 is 0 Å². The molecule has 0 radical (unpaired) electrons. The van der Waals surface area contributed by atoms with E-state index in [1.54, 1.807) is 24.4 Å². The molecule has 0 spiro atoms. The second-order valence-electron chi connectivity index (χ2n) is 3.48. The predicted molar refractivity (Wildman–Crippen MR) is 85.4 cm³/mol. The minimum Gasteiger partial charge on any atom is -0.388 e. The summed E-state index contributed by atoms with van der Waals surface area (Å²) >= 11 is 20.3. The van der Waals surface area contributed by atoms with Crippen molar-refractivity contribution in [2.75, 3.05) is 5.32 Å². The number of anilines is 2. The van der Waals surface area contributed by atoms with Gasteiger partial charge in [0, 0.05) is 10.7 Å². The third-order valence-electron chi connectivity index (χ3n) is 2.19. The molecule has 1 heterocycles. The van der Waals surface area contributed by atoms with Crippen LogP contribution in [0.3, 0.4) is 0 Å². The monoisotopic (exact) mass is 376 g/mol. The average Bonchev–Trinajstić information content (AvgIpc) is 2.40. The first kappa shape index (κ1) is 14.5. The number of nitrogens with zero attached hydrogens (tertiary/aromatic N) is 2. The molecular weight excluding hydrogens is 371 g/mol. The summed E-state index contributed by atoms with van der Waals surface area (Å²) in [4.78, 5) is 8.42. The van der Waals surface area contributed by atoms with E-state index >= 15 is 0 Å². The van der Waals surface area contributed by atoms with E-state index in [4.69, 9.17) is 41.2 Å². The zero-order chi connectivity index (χ0) is 14.0. The summed E-state index contributed by atoms with van der Waals surface area (Å²) in [5, 5.41) is 3.75. The van der Waals surface area contributed by atoms with Crippen LogP contribution >= 0.6 is 51.3 Å². The Hall–Kier alpha value is -0.950. The van der Waals surface area contributed by atoms with E-state index in [-0.39, 0.29) is 4.99 Å². The van der Waals surface area contributed by atoms with Crippen LogP contribution in [0, 0.1) is 0 Å². The van der Waals surface area contributed by atoms with Gasteiger partial charge in [0.1, 0.15) is 10.7 Å². The van der Waals surface area contributed by atoms with Gasteiger partial charge in [-0.2, -0.15) is 0 Å². The highest BCUT2D eigenvalue weighted by Crippen LogP contribution is 2.36. The maximum absolute atomic E-state index is 6.12. The first-order valence-electron chi connectivity index (χ1n) is 5.02. The first-order chi connectivity index (χ1) is 8.99. The molecule has 98 valence electrons. The fourth-order valence-electron chi connectivity index (χ4n) is 1.30. The lowest BCUT2D eigenvalue weighted by molar-refractivity contribution is 1.15. The van der Waals surface area contributed by atoms with E-state index in [1.807, 2.05) is 0 Å². The second-order valence-corrected chi connectivity index (χ2v) is 5.53. The van der Waals surface area contributed by atoms with E-state index in [2.05, 4.69) is 31.2 Å². The van der Waals surface area contributed by atoms with E-state index in [9.17, 15) is 0 Å². The van der Waals surface area contributed by atoms with Crippen molar-refractivity contribution >= 4 is 68.0 Å². The molecule has 0 amide bonds. The normalized spacial score (nSPS) is 10.3. The SMILES string of the molecule is NC(=S)c1ccnc(Nc2ccc(Br)c(Cl)c2Cl)n1. The van der Waals surface area contributed by atoms with Gasteiger partial charge in [-0.05, 0) is 34.1 Å². The quantitative estimate of drug-likeness (QED) is 0.626. The fourth-order valence-corrected chi connectivity index (χ4v) is 2.23. The van der Waals surface area contributed by atoms with Crippen LogP contribution in [0.25, 0.3) is 0 Å². The third-order valence-corrected chi connectivity index (χ3v) is 4.17. The first-order valence-corrected chi connectivity index (χ1v) is 6.98. The lowest BCUT2D eigenvalue weighted by Crippen LogP contribution is -2.12. The topological polar surface area (TPSA) is 63.8 Å². The smallest absolute Gasteiger partial charge is 0.227 e. The van der Waals surface area contributed by atoms with E-state index in [0.717, 1.165) is 0 Å². The van der Waals surface area contributed by atoms with E-state index in [0.29, 0.717) is 31.8 Å². The Kier molecular flexibility index (Phi) is 4.57. The molecule has 0 atom stereocenters. The Morgan fingerprint density at radius 2 is 2.00 bits per heavy atom. The largest absolute Gasteiger partial charge is 0.388 e. The predicted octanol–water partition coefficient (Wildman–Crippen LogP) is 3.92. The van der Waals surface area contributed by atoms with Crippen LogP contribution in [0.2, 0.25) is 10.0 Å². The van der Waals surface area contributed by atoms with Crippen molar-refractivity contribution in [3.8, 4) is 0 Å². The van der Waals surface area contributed by atoms with Gasteiger partial charge in [0.15, 0.2) is 0 Å². The molecule has 0 unspecified atom stereocenters. The zero-order valence-corrected chi connectivity index (χ0v) is 13.2. The molecular formula is C11H7BrCl2N4S. The minimum atomic E-state index is 0.199. The molecule has 2 rings (SSSR count). The van der Waals surface area contributed by atoms with Gasteiger partial charge in [0.25, 0.3) is 0 Å². The molecule has 0 aliphatic carbocycles. The molecule has 19 heavy (non-hydrogen) atoms. The maximum atomic E-state index is 6.12. The number of rotatable bonds is 3. The Morgan fingerprint density at radius 3 is 2.68 bits per heavy atom. The van der Waals surface area contributed by atoms with Gasteiger partial charge < -0.3 is 11.1 Å². The molecule has 0 fully saturated rings. The average molecular weight is 378 g/mol. The number of thiocarbonyl (C=S) groups is 1. The van der Waals surface area contributed by atoms with Gasteiger partial charge in [-0.3, -0.25) is 0 Å². The van der Waals surface area contributed by atoms with Crippen LogP contribution in [0.1, 0.15) is 5.69 Å². The van der Waals surface area contributed by atoms with Crippen LogP contribution in [0.15, 0.2) is 28.9 Å². The summed E-state index contributed by atoms with van der Waals surface area (Å²) in [5.74, 6) is 0.339. The number of halogens is 3. The number of benzene rings is 1.